The Labute approximate surface area is 195 Å². The van der Waals surface area contributed by atoms with E-state index in [1.165, 1.54) is 23.2 Å². The molecule has 0 radical (unpaired) electrons. The van der Waals surface area contributed by atoms with E-state index in [1.54, 1.807) is 42.6 Å². The number of pyridine rings is 2. The van der Waals surface area contributed by atoms with E-state index < -0.39 is 6.03 Å². The zero-order chi connectivity index (χ0) is 23.4. The lowest BCUT2D eigenvalue weighted by atomic mass is 10.1. The van der Waals surface area contributed by atoms with Crippen LogP contribution in [-0.2, 0) is 0 Å². The van der Waals surface area contributed by atoms with Crippen molar-refractivity contribution >= 4 is 56.9 Å². The van der Waals surface area contributed by atoms with Crippen LogP contribution in [0.2, 0.25) is 0 Å². The summed E-state index contributed by atoms with van der Waals surface area (Å²) in [7, 11) is 0. The summed E-state index contributed by atoms with van der Waals surface area (Å²) in [6, 6.07) is 10.9. The Balaban J connectivity index is 0.00000126. The zero-order valence-corrected chi connectivity index (χ0v) is 19.2. The third-order valence-electron chi connectivity index (χ3n) is 4.40. The highest BCUT2D eigenvalue weighted by atomic mass is 32.2. The summed E-state index contributed by atoms with van der Waals surface area (Å²) in [6.07, 6.45) is 4.42. The van der Waals surface area contributed by atoms with Gasteiger partial charge in [0.1, 0.15) is 11.3 Å². The summed E-state index contributed by atoms with van der Waals surface area (Å²) in [5.74, 6) is 0.402. The SMILES string of the molecule is CC.O=C(NSc1ccc(F)s1)Nc1ccc(-n2ccc3cc4ncoc4cc3c2=O)nc1. The number of amides is 2. The van der Waals surface area contributed by atoms with Gasteiger partial charge in [-0.05, 0) is 59.8 Å². The molecule has 1 aromatic carbocycles. The molecule has 4 heterocycles. The van der Waals surface area contributed by atoms with Crippen molar-refractivity contribution in [1.29, 1.82) is 0 Å². The first-order valence-corrected chi connectivity index (χ1v) is 11.5. The number of carbonyl (C=O) groups is 1. The number of carbonyl (C=O) groups excluding carboxylic acids is 1. The molecule has 33 heavy (non-hydrogen) atoms. The number of hydrogen-bond acceptors (Lipinski definition) is 7. The number of anilines is 1. The second-order valence-corrected chi connectivity index (χ2v) is 8.51. The van der Waals surface area contributed by atoms with Crippen molar-refractivity contribution in [2.45, 2.75) is 18.1 Å². The monoisotopic (exact) mass is 483 g/mol. The molecule has 0 aliphatic carbocycles. The third kappa shape index (κ3) is 4.89. The van der Waals surface area contributed by atoms with Gasteiger partial charge in [0.2, 0.25) is 0 Å². The lowest BCUT2D eigenvalue weighted by molar-refractivity contribution is 0.257. The summed E-state index contributed by atoms with van der Waals surface area (Å²) >= 11 is 1.95. The molecule has 0 atom stereocenters. The number of nitrogens with one attached hydrogen (secondary N) is 2. The van der Waals surface area contributed by atoms with Gasteiger partial charge in [-0.25, -0.2) is 14.8 Å². The predicted octanol–water partition coefficient (Wildman–Crippen LogP) is 5.58. The molecular formula is C22H18FN5O3S2. The zero-order valence-electron chi connectivity index (χ0n) is 17.5. The number of rotatable bonds is 4. The highest BCUT2D eigenvalue weighted by Gasteiger charge is 2.10. The minimum atomic E-state index is -0.479. The van der Waals surface area contributed by atoms with Gasteiger partial charge in [-0.15, -0.1) is 0 Å². The minimum absolute atomic E-state index is 0.249. The fourth-order valence-corrected chi connectivity index (χ4v) is 4.36. The molecule has 2 amide bonds. The van der Waals surface area contributed by atoms with Crippen LogP contribution in [0.25, 0.3) is 27.7 Å². The Bertz CT molecular complexity index is 1480. The predicted molar refractivity (Wildman–Crippen MR) is 129 cm³/mol. The van der Waals surface area contributed by atoms with Crippen LogP contribution in [0.4, 0.5) is 14.9 Å². The normalized spacial score (nSPS) is 10.6. The summed E-state index contributed by atoms with van der Waals surface area (Å²) < 4.78 is 22.9. The molecule has 5 aromatic rings. The van der Waals surface area contributed by atoms with Crippen molar-refractivity contribution in [3.63, 3.8) is 0 Å². The fourth-order valence-electron chi connectivity index (χ4n) is 2.98. The first kappa shape index (κ1) is 22.5. The van der Waals surface area contributed by atoms with E-state index in [-0.39, 0.29) is 10.7 Å². The second-order valence-electron chi connectivity index (χ2n) is 6.37. The lowest BCUT2D eigenvalue weighted by Crippen LogP contribution is -2.23. The topological polar surface area (TPSA) is 102 Å². The quantitative estimate of drug-likeness (QED) is 0.324. The van der Waals surface area contributed by atoms with Crippen LogP contribution in [0.5, 0.6) is 0 Å². The summed E-state index contributed by atoms with van der Waals surface area (Å²) in [4.78, 5) is 33.3. The van der Waals surface area contributed by atoms with E-state index in [2.05, 4.69) is 20.0 Å². The maximum atomic E-state index is 13.0. The molecule has 0 spiro atoms. The van der Waals surface area contributed by atoms with Crippen LogP contribution in [0.1, 0.15) is 13.8 Å². The molecule has 2 N–H and O–H groups in total. The van der Waals surface area contributed by atoms with Gasteiger partial charge in [0.25, 0.3) is 5.56 Å². The van der Waals surface area contributed by atoms with Crippen LogP contribution in [-0.4, -0.2) is 20.6 Å². The molecule has 0 aliphatic heterocycles. The third-order valence-corrected chi connectivity index (χ3v) is 6.19. The van der Waals surface area contributed by atoms with Crippen molar-refractivity contribution in [2.75, 3.05) is 5.32 Å². The number of thiophene rings is 1. The van der Waals surface area contributed by atoms with Gasteiger partial charge in [-0.3, -0.25) is 14.1 Å². The molecule has 0 fully saturated rings. The van der Waals surface area contributed by atoms with Crippen LogP contribution in [0.15, 0.2) is 74.7 Å². The van der Waals surface area contributed by atoms with Crippen LogP contribution >= 0.6 is 23.3 Å². The molecule has 0 unspecified atom stereocenters. The Morgan fingerprint density at radius 3 is 2.73 bits per heavy atom. The molecule has 0 aliphatic rings. The van der Waals surface area contributed by atoms with Gasteiger partial charge >= 0.3 is 6.03 Å². The number of nitrogens with zero attached hydrogens (tertiary/aromatic N) is 3. The number of oxazole rings is 1. The average molecular weight is 484 g/mol. The highest BCUT2D eigenvalue weighted by molar-refractivity contribution is 7.99. The van der Waals surface area contributed by atoms with Gasteiger partial charge < -0.3 is 9.73 Å². The number of aromatic nitrogens is 3. The van der Waals surface area contributed by atoms with Gasteiger partial charge in [0, 0.05) is 6.20 Å². The number of halogens is 1. The molecule has 0 bridgehead atoms. The van der Waals surface area contributed by atoms with Crippen LogP contribution in [0, 0.1) is 5.13 Å². The Morgan fingerprint density at radius 2 is 2.00 bits per heavy atom. The molecule has 5 rings (SSSR count). The van der Waals surface area contributed by atoms with E-state index in [4.69, 9.17) is 4.42 Å². The summed E-state index contributed by atoms with van der Waals surface area (Å²) in [6.45, 7) is 4.00. The standard InChI is InChI=1S/C20H12FN5O3S2.C2H6/c21-16-2-4-18(30-16)31-25-20(28)24-12-1-3-17(22-9-12)26-6-5-11-7-14-15(29-10-23-14)8-13(11)19(26)27;1-2/h1-10H,(H2,24,25,28);1-2H3. The number of fused-ring (bicyclic) bond motifs is 2. The first-order valence-electron chi connectivity index (χ1n) is 9.91. The van der Waals surface area contributed by atoms with Gasteiger partial charge in [-0.1, -0.05) is 25.2 Å². The van der Waals surface area contributed by atoms with Crippen molar-refractivity contribution < 1.29 is 13.6 Å². The Morgan fingerprint density at radius 1 is 1.15 bits per heavy atom. The van der Waals surface area contributed by atoms with Crippen molar-refractivity contribution in [2.24, 2.45) is 0 Å². The van der Waals surface area contributed by atoms with E-state index >= 15 is 0 Å². The maximum absolute atomic E-state index is 13.0. The molecule has 4 aromatic heterocycles. The maximum Gasteiger partial charge on any atom is 0.329 e. The largest absolute Gasteiger partial charge is 0.443 e. The average Bonchev–Trinajstić information content (AvgIpc) is 3.47. The number of hydrogen-bond donors (Lipinski definition) is 2. The van der Waals surface area contributed by atoms with Gasteiger partial charge in [0.05, 0.1) is 21.5 Å². The molecule has 0 saturated carbocycles. The second kappa shape index (κ2) is 9.84. The Kier molecular flexibility index (Phi) is 6.71. The Hall–Kier alpha value is -3.70. The van der Waals surface area contributed by atoms with Crippen molar-refractivity contribution in [3.05, 3.63) is 76.7 Å². The van der Waals surface area contributed by atoms with Gasteiger partial charge in [0.15, 0.2) is 17.1 Å². The van der Waals surface area contributed by atoms with Crippen molar-refractivity contribution in [1.82, 2.24) is 19.3 Å². The van der Waals surface area contributed by atoms with E-state index in [1.807, 2.05) is 13.8 Å². The molecule has 168 valence electrons. The van der Waals surface area contributed by atoms with E-state index in [0.717, 1.165) is 28.7 Å². The minimum Gasteiger partial charge on any atom is -0.443 e. The smallest absolute Gasteiger partial charge is 0.329 e. The van der Waals surface area contributed by atoms with Crippen LogP contribution < -0.4 is 15.6 Å². The number of urea groups is 1. The highest BCUT2D eigenvalue weighted by Crippen LogP contribution is 2.24. The summed E-state index contributed by atoms with van der Waals surface area (Å²) in [5.41, 5.74) is 1.40. The molecule has 0 saturated heterocycles. The first-order chi connectivity index (χ1) is 16.1. The number of benzene rings is 1. The van der Waals surface area contributed by atoms with Crippen molar-refractivity contribution in [3.8, 4) is 5.82 Å². The lowest BCUT2D eigenvalue weighted by Gasteiger charge is -2.09. The molecule has 8 nitrogen and oxygen atoms in total. The summed E-state index contributed by atoms with van der Waals surface area (Å²) in [5, 5.41) is 3.54. The van der Waals surface area contributed by atoms with E-state index in [9.17, 15) is 14.0 Å². The van der Waals surface area contributed by atoms with Crippen LogP contribution in [0.3, 0.4) is 0 Å². The van der Waals surface area contributed by atoms with E-state index in [0.29, 0.717) is 32.2 Å². The molecule has 11 heteroatoms. The molecular weight excluding hydrogens is 465 g/mol. The fraction of sp³-hybridized carbons (Fsp3) is 0.0909. The van der Waals surface area contributed by atoms with Gasteiger partial charge in [-0.2, -0.15) is 4.39 Å².